The van der Waals surface area contributed by atoms with Crippen LogP contribution in [0.5, 0.6) is 0 Å². The number of carbonyl (C=O) groups excluding carboxylic acids is 1. The van der Waals surface area contributed by atoms with E-state index < -0.39 is 9.05 Å². The van der Waals surface area contributed by atoms with Gasteiger partial charge in [0, 0.05) is 30.7 Å². The van der Waals surface area contributed by atoms with Crippen molar-refractivity contribution < 1.29 is 13.2 Å². The van der Waals surface area contributed by atoms with E-state index in [1.807, 2.05) is 11.0 Å². The normalized spacial score (nSPS) is 25.3. The summed E-state index contributed by atoms with van der Waals surface area (Å²) in [5.74, 6) is 1.01. The topological polar surface area (TPSA) is 54.5 Å². The van der Waals surface area contributed by atoms with Crippen molar-refractivity contribution in [2.75, 3.05) is 13.1 Å². The molecule has 1 saturated heterocycles. The second-order valence-electron chi connectivity index (χ2n) is 5.15. The number of piperidine rings is 1. The summed E-state index contributed by atoms with van der Waals surface area (Å²) in [6, 6.07) is 0. The minimum atomic E-state index is -3.61. The minimum Gasteiger partial charge on any atom is -0.343 e. The van der Waals surface area contributed by atoms with Crippen LogP contribution in [0.2, 0.25) is 0 Å². The Morgan fingerprint density at radius 1 is 1.37 bits per heavy atom. The fourth-order valence-corrected chi connectivity index (χ4v) is 3.67. The number of rotatable bonds is 2. The van der Waals surface area contributed by atoms with Gasteiger partial charge in [0.15, 0.2) is 0 Å². The van der Waals surface area contributed by atoms with Crippen LogP contribution in [0, 0.1) is 11.8 Å². The standard InChI is InChI=1S/C13H18ClNO3S/c1-10(16)15-8-6-12(7-9-15)11-2-4-13(5-3-11)19(14,17)18/h2,4-5,11-12H,3,6-9H2,1H3. The zero-order valence-electron chi connectivity index (χ0n) is 10.9. The van der Waals surface area contributed by atoms with Gasteiger partial charge in [0.25, 0.3) is 9.05 Å². The van der Waals surface area contributed by atoms with E-state index in [-0.39, 0.29) is 10.8 Å². The highest BCUT2D eigenvalue weighted by Crippen LogP contribution is 2.33. The van der Waals surface area contributed by atoms with Crippen LogP contribution in [0.15, 0.2) is 23.1 Å². The highest BCUT2D eigenvalue weighted by Gasteiger charge is 2.27. The molecule has 0 N–H and O–H groups in total. The average Bonchev–Trinajstić information content (AvgIpc) is 2.38. The van der Waals surface area contributed by atoms with Gasteiger partial charge in [-0.1, -0.05) is 12.2 Å². The minimum absolute atomic E-state index is 0.132. The van der Waals surface area contributed by atoms with E-state index in [2.05, 4.69) is 0 Å². The highest BCUT2D eigenvalue weighted by atomic mass is 35.7. The van der Waals surface area contributed by atoms with Crippen LogP contribution in [-0.2, 0) is 13.8 Å². The molecule has 1 unspecified atom stereocenters. The number of allylic oxidation sites excluding steroid dienone is 3. The van der Waals surface area contributed by atoms with Gasteiger partial charge in [-0.3, -0.25) is 4.79 Å². The Hall–Kier alpha value is -0.810. The summed E-state index contributed by atoms with van der Waals surface area (Å²) in [7, 11) is 1.70. The fourth-order valence-electron chi connectivity index (χ4n) is 2.79. The van der Waals surface area contributed by atoms with E-state index in [1.54, 1.807) is 19.1 Å². The largest absolute Gasteiger partial charge is 0.343 e. The number of nitrogens with zero attached hydrogens (tertiary/aromatic N) is 1. The van der Waals surface area contributed by atoms with Gasteiger partial charge in [0.2, 0.25) is 5.91 Å². The summed E-state index contributed by atoms with van der Waals surface area (Å²) >= 11 is 0. The summed E-state index contributed by atoms with van der Waals surface area (Å²) in [4.78, 5) is 13.3. The molecule has 2 rings (SSSR count). The maximum absolute atomic E-state index is 11.3. The van der Waals surface area contributed by atoms with Gasteiger partial charge in [-0.15, -0.1) is 0 Å². The summed E-state index contributed by atoms with van der Waals surface area (Å²) in [5, 5.41) is 0. The molecule has 0 saturated carbocycles. The smallest absolute Gasteiger partial charge is 0.260 e. The van der Waals surface area contributed by atoms with E-state index in [0.717, 1.165) is 25.9 Å². The average molecular weight is 304 g/mol. The quantitative estimate of drug-likeness (QED) is 0.735. The molecule has 0 aromatic carbocycles. The second kappa shape index (κ2) is 5.67. The molecule has 0 aromatic heterocycles. The van der Waals surface area contributed by atoms with Gasteiger partial charge in [-0.25, -0.2) is 8.42 Å². The molecule has 0 radical (unpaired) electrons. The van der Waals surface area contributed by atoms with Gasteiger partial charge < -0.3 is 4.90 Å². The third-order valence-electron chi connectivity index (χ3n) is 3.97. The monoisotopic (exact) mass is 303 g/mol. The first-order valence-electron chi connectivity index (χ1n) is 6.46. The Morgan fingerprint density at radius 3 is 2.42 bits per heavy atom. The van der Waals surface area contributed by atoms with E-state index in [1.165, 1.54) is 0 Å². The number of halogens is 1. The maximum atomic E-state index is 11.3. The molecule has 1 aliphatic heterocycles. The zero-order valence-corrected chi connectivity index (χ0v) is 12.5. The number of hydrogen-bond acceptors (Lipinski definition) is 3. The van der Waals surface area contributed by atoms with Crippen molar-refractivity contribution in [3.05, 3.63) is 23.1 Å². The van der Waals surface area contributed by atoms with Crippen molar-refractivity contribution in [2.45, 2.75) is 26.2 Å². The van der Waals surface area contributed by atoms with Crippen LogP contribution in [0.4, 0.5) is 0 Å². The van der Waals surface area contributed by atoms with Crippen LogP contribution in [-0.4, -0.2) is 32.3 Å². The van der Waals surface area contributed by atoms with Crippen LogP contribution in [0.3, 0.4) is 0 Å². The Labute approximate surface area is 118 Å². The molecule has 106 valence electrons. The number of carbonyl (C=O) groups is 1. The van der Waals surface area contributed by atoms with Gasteiger partial charge in [0.1, 0.15) is 0 Å². The van der Waals surface area contributed by atoms with Crippen LogP contribution < -0.4 is 0 Å². The predicted molar refractivity (Wildman–Crippen MR) is 75.1 cm³/mol. The van der Waals surface area contributed by atoms with Gasteiger partial charge in [0.05, 0.1) is 4.91 Å². The van der Waals surface area contributed by atoms with Crippen LogP contribution in [0.25, 0.3) is 0 Å². The Balaban J connectivity index is 1.92. The van der Waals surface area contributed by atoms with E-state index in [0.29, 0.717) is 18.3 Å². The lowest BCUT2D eigenvalue weighted by atomic mass is 9.81. The van der Waals surface area contributed by atoms with Crippen molar-refractivity contribution in [3.63, 3.8) is 0 Å². The Kier molecular flexibility index (Phi) is 4.36. The van der Waals surface area contributed by atoms with Crippen molar-refractivity contribution >= 4 is 25.6 Å². The summed E-state index contributed by atoms with van der Waals surface area (Å²) in [6.45, 7) is 3.20. The SMILES string of the molecule is CC(=O)N1CCC(C2C=CC(S(=O)(=O)Cl)=CC2)CC1. The van der Waals surface area contributed by atoms with E-state index in [4.69, 9.17) is 10.7 Å². The number of hydrogen-bond donors (Lipinski definition) is 0. The molecule has 0 spiro atoms. The Bertz CT molecular complexity index is 516. The summed E-state index contributed by atoms with van der Waals surface area (Å²) in [5.41, 5.74) is 0. The fraction of sp³-hybridized carbons (Fsp3) is 0.615. The zero-order chi connectivity index (χ0) is 14.0. The third-order valence-corrected chi connectivity index (χ3v) is 5.37. The van der Waals surface area contributed by atoms with Gasteiger partial charge in [-0.2, -0.15) is 0 Å². The van der Waals surface area contributed by atoms with E-state index >= 15 is 0 Å². The first-order chi connectivity index (χ1) is 8.88. The van der Waals surface area contributed by atoms with E-state index in [9.17, 15) is 13.2 Å². The van der Waals surface area contributed by atoms with Crippen LogP contribution in [0.1, 0.15) is 26.2 Å². The number of amides is 1. The molecule has 1 atom stereocenters. The molecule has 1 heterocycles. The van der Waals surface area contributed by atoms with Crippen LogP contribution >= 0.6 is 10.7 Å². The number of likely N-dealkylation sites (tertiary alicyclic amines) is 1. The molecule has 6 heteroatoms. The second-order valence-corrected chi connectivity index (χ2v) is 7.71. The molecular weight excluding hydrogens is 286 g/mol. The first-order valence-corrected chi connectivity index (χ1v) is 8.77. The third kappa shape index (κ3) is 3.60. The summed E-state index contributed by atoms with van der Waals surface area (Å²) < 4.78 is 22.4. The first kappa shape index (κ1) is 14.6. The highest BCUT2D eigenvalue weighted by molar-refractivity contribution is 8.17. The van der Waals surface area contributed by atoms with Crippen molar-refractivity contribution in [3.8, 4) is 0 Å². The molecule has 2 aliphatic rings. The molecule has 0 aromatic rings. The Morgan fingerprint density at radius 2 is 2.00 bits per heavy atom. The molecule has 0 bridgehead atoms. The lowest BCUT2D eigenvalue weighted by Gasteiger charge is -2.35. The maximum Gasteiger partial charge on any atom is 0.260 e. The molecule has 1 amide bonds. The molecular formula is C13H18ClNO3S. The molecule has 19 heavy (non-hydrogen) atoms. The predicted octanol–water partition coefficient (Wildman–Crippen LogP) is 2.27. The molecule has 4 nitrogen and oxygen atoms in total. The lowest BCUT2D eigenvalue weighted by molar-refractivity contribution is -0.130. The van der Waals surface area contributed by atoms with Gasteiger partial charge in [-0.05, 0) is 37.2 Å². The van der Waals surface area contributed by atoms with Crippen molar-refractivity contribution in [1.29, 1.82) is 0 Å². The summed E-state index contributed by atoms with van der Waals surface area (Å²) in [6.07, 6.45) is 7.92. The van der Waals surface area contributed by atoms with Crippen molar-refractivity contribution in [1.82, 2.24) is 4.90 Å². The van der Waals surface area contributed by atoms with Gasteiger partial charge >= 0.3 is 0 Å². The van der Waals surface area contributed by atoms with Crippen molar-refractivity contribution in [2.24, 2.45) is 11.8 Å². The lowest BCUT2D eigenvalue weighted by Crippen LogP contribution is -2.38. The molecule has 1 fully saturated rings. The molecule has 1 aliphatic carbocycles.